The number of hydrogen-bond acceptors (Lipinski definition) is 3. The minimum absolute atomic E-state index is 0.510. The van der Waals surface area contributed by atoms with Crippen LogP contribution in [0.2, 0.25) is 0 Å². The lowest BCUT2D eigenvalue weighted by Crippen LogP contribution is -2.28. The summed E-state index contributed by atoms with van der Waals surface area (Å²) in [5, 5.41) is 5.28. The van der Waals surface area contributed by atoms with Gasteiger partial charge in [0.1, 0.15) is 0 Å². The summed E-state index contributed by atoms with van der Waals surface area (Å²) in [5.74, 6) is 0. The summed E-state index contributed by atoms with van der Waals surface area (Å²) >= 11 is 3.73. The maximum atomic E-state index is 2.47. The predicted octanol–water partition coefficient (Wildman–Crippen LogP) is 19.3. The summed E-state index contributed by atoms with van der Waals surface area (Å²) in [4.78, 5) is 2.47. The molecular weight excluding hydrogens is 883 g/mol. The highest BCUT2D eigenvalue weighted by Gasteiger charge is 2.47. The molecule has 0 atom stereocenters. The summed E-state index contributed by atoms with van der Waals surface area (Å²) < 4.78 is 5.30. The van der Waals surface area contributed by atoms with E-state index in [4.69, 9.17) is 0 Å². The van der Waals surface area contributed by atoms with Crippen molar-refractivity contribution >= 4 is 80.1 Å². The van der Waals surface area contributed by atoms with E-state index >= 15 is 0 Å². The maximum absolute atomic E-state index is 2.47. The monoisotopic (exact) mass is 925 g/mol. The Bertz CT molecular complexity index is 4050. The Labute approximate surface area is 415 Å². The Morgan fingerprint density at radius 2 is 0.686 bits per heavy atom. The molecule has 0 N–H and O–H groups in total. The molecule has 0 radical (unpaired) electrons. The Hall–Kier alpha value is -8.34. The van der Waals surface area contributed by atoms with Gasteiger partial charge >= 0.3 is 0 Å². The third kappa shape index (κ3) is 6.43. The van der Waals surface area contributed by atoms with Crippen molar-refractivity contribution < 1.29 is 0 Å². The molecule has 2 heterocycles. The molecular formula is C67H43NS2. The fraction of sp³-hybridized carbons (Fsp3) is 0.0149. The minimum atomic E-state index is -0.510. The van der Waals surface area contributed by atoms with Gasteiger partial charge in [-0.05, 0) is 128 Å². The van der Waals surface area contributed by atoms with Crippen molar-refractivity contribution in [2.75, 3.05) is 4.90 Å². The molecule has 0 fully saturated rings. The SMILES string of the molecule is c1ccc(C2(c3ccccc3)c3ccccc3-c3c(N(c4ccc(-c5ccc(-c6ccc7sc8ccccc8c7c6)cc5)cc4)c4ccc(-c5ccc6sc7ccccc7c6c5)cc4)cccc32)cc1. The van der Waals surface area contributed by atoms with Crippen molar-refractivity contribution in [1.82, 2.24) is 0 Å². The number of hydrogen-bond donors (Lipinski definition) is 0. The normalized spacial score (nSPS) is 12.7. The molecule has 0 aliphatic heterocycles. The van der Waals surface area contributed by atoms with Gasteiger partial charge < -0.3 is 4.90 Å². The zero-order valence-electron chi connectivity index (χ0n) is 38.1. The van der Waals surface area contributed by atoms with Gasteiger partial charge in [0.05, 0.1) is 11.1 Å². The highest BCUT2D eigenvalue weighted by atomic mass is 32.1. The quantitative estimate of drug-likeness (QED) is 0.147. The highest BCUT2D eigenvalue weighted by molar-refractivity contribution is 7.26. The summed E-state index contributed by atoms with van der Waals surface area (Å²) in [6.45, 7) is 0. The second kappa shape index (κ2) is 16.4. The van der Waals surface area contributed by atoms with E-state index < -0.39 is 5.41 Å². The van der Waals surface area contributed by atoms with Crippen molar-refractivity contribution in [3.8, 4) is 44.5 Å². The molecule has 0 bridgehead atoms. The van der Waals surface area contributed by atoms with Gasteiger partial charge in [0, 0.05) is 57.3 Å². The van der Waals surface area contributed by atoms with Gasteiger partial charge in [-0.2, -0.15) is 0 Å². The summed E-state index contributed by atoms with van der Waals surface area (Å²) in [5.41, 5.74) is 17.6. The molecule has 2 aromatic heterocycles. The van der Waals surface area contributed by atoms with Crippen molar-refractivity contribution in [1.29, 1.82) is 0 Å². The lowest BCUT2D eigenvalue weighted by Gasteiger charge is -2.34. The van der Waals surface area contributed by atoms with Gasteiger partial charge in [-0.15, -0.1) is 22.7 Å². The van der Waals surface area contributed by atoms with Crippen LogP contribution >= 0.6 is 22.7 Å². The average molecular weight is 926 g/mol. The Morgan fingerprint density at radius 3 is 1.21 bits per heavy atom. The van der Waals surface area contributed by atoms with Crippen LogP contribution in [-0.4, -0.2) is 0 Å². The molecule has 3 heteroatoms. The predicted molar refractivity (Wildman–Crippen MR) is 301 cm³/mol. The van der Waals surface area contributed by atoms with Gasteiger partial charge in [0.25, 0.3) is 0 Å². The Kier molecular flexibility index (Phi) is 9.55. The van der Waals surface area contributed by atoms with E-state index in [1.165, 1.54) is 107 Å². The molecule has 0 unspecified atom stereocenters. The number of fused-ring (bicyclic) bond motifs is 9. The van der Waals surface area contributed by atoms with E-state index in [1.54, 1.807) is 0 Å². The van der Waals surface area contributed by atoms with Crippen LogP contribution in [0.1, 0.15) is 22.3 Å². The largest absolute Gasteiger partial charge is 0.310 e. The molecule has 328 valence electrons. The van der Waals surface area contributed by atoms with Crippen molar-refractivity contribution in [2.45, 2.75) is 5.41 Å². The topological polar surface area (TPSA) is 3.24 Å². The molecule has 11 aromatic carbocycles. The van der Waals surface area contributed by atoms with E-state index in [9.17, 15) is 0 Å². The molecule has 0 saturated carbocycles. The van der Waals surface area contributed by atoms with Crippen LogP contribution in [-0.2, 0) is 5.41 Å². The fourth-order valence-corrected chi connectivity index (χ4v) is 13.5. The Balaban J connectivity index is 0.895. The molecule has 0 amide bonds. The molecule has 1 aliphatic carbocycles. The molecule has 14 rings (SSSR count). The van der Waals surface area contributed by atoms with E-state index in [1.807, 2.05) is 22.7 Å². The van der Waals surface area contributed by atoms with Crippen LogP contribution in [0, 0.1) is 0 Å². The maximum Gasteiger partial charge on any atom is 0.0714 e. The second-order valence-corrected chi connectivity index (χ2v) is 20.5. The molecule has 1 aliphatic rings. The standard InChI is InChI=1S/C67H43NS2/c1-3-14-50(15-4-1)67(51-16-5-2-6-17-51)59-21-10-7-20-56(59)66-60(67)22-13-23-61(66)68(53-38-32-47(33-39-53)49-35-41-65-58(43-49)55-19-9-12-25-63(55)70-65)52-36-30-45(31-37-52)44-26-28-46(29-27-44)48-34-40-64-57(42-48)54-18-8-11-24-62(54)69-64/h1-43H. The molecule has 0 saturated heterocycles. The van der Waals surface area contributed by atoms with Gasteiger partial charge in [0.15, 0.2) is 0 Å². The summed E-state index contributed by atoms with van der Waals surface area (Å²) in [6.07, 6.45) is 0. The van der Waals surface area contributed by atoms with E-state index in [0.717, 1.165) is 17.1 Å². The fourth-order valence-electron chi connectivity index (χ4n) is 11.4. The number of anilines is 3. The first kappa shape index (κ1) is 40.7. The summed E-state index contributed by atoms with van der Waals surface area (Å²) in [6, 6.07) is 96.8. The smallest absolute Gasteiger partial charge is 0.0714 e. The zero-order chi connectivity index (χ0) is 46.2. The van der Waals surface area contributed by atoms with Crippen LogP contribution in [0.4, 0.5) is 17.1 Å². The van der Waals surface area contributed by atoms with Gasteiger partial charge in [-0.25, -0.2) is 0 Å². The van der Waals surface area contributed by atoms with Crippen molar-refractivity contribution in [3.05, 3.63) is 283 Å². The molecule has 0 spiro atoms. The highest BCUT2D eigenvalue weighted by Crippen LogP contribution is 2.59. The first-order valence-electron chi connectivity index (χ1n) is 24.0. The zero-order valence-corrected chi connectivity index (χ0v) is 39.7. The van der Waals surface area contributed by atoms with Crippen LogP contribution < -0.4 is 4.90 Å². The molecule has 13 aromatic rings. The number of rotatable bonds is 8. The van der Waals surface area contributed by atoms with Gasteiger partial charge in [-0.3, -0.25) is 0 Å². The number of nitrogens with zero attached hydrogens (tertiary/aromatic N) is 1. The van der Waals surface area contributed by atoms with Gasteiger partial charge in [-0.1, -0.05) is 194 Å². The first-order valence-corrected chi connectivity index (χ1v) is 25.6. The van der Waals surface area contributed by atoms with Crippen LogP contribution in [0.15, 0.2) is 261 Å². The lowest BCUT2D eigenvalue weighted by molar-refractivity contribution is 0.768. The van der Waals surface area contributed by atoms with Crippen molar-refractivity contribution in [2.24, 2.45) is 0 Å². The van der Waals surface area contributed by atoms with Gasteiger partial charge in [0.2, 0.25) is 0 Å². The Morgan fingerprint density at radius 1 is 0.286 bits per heavy atom. The number of thiophene rings is 2. The van der Waals surface area contributed by atoms with Crippen LogP contribution in [0.25, 0.3) is 84.9 Å². The molecule has 1 nitrogen and oxygen atoms in total. The van der Waals surface area contributed by atoms with E-state index in [2.05, 4.69) is 266 Å². The van der Waals surface area contributed by atoms with Crippen molar-refractivity contribution in [3.63, 3.8) is 0 Å². The lowest BCUT2D eigenvalue weighted by atomic mass is 9.68. The third-order valence-electron chi connectivity index (χ3n) is 14.6. The summed E-state index contributed by atoms with van der Waals surface area (Å²) in [7, 11) is 0. The van der Waals surface area contributed by atoms with Crippen LogP contribution in [0.3, 0.4) is 0 Å². The first-order chi connectivity index (χ1) is 34.7. The second-order valence-electron chi connectivity index (χ2n) is 18.4. The van der Waals surface area contributed by atoms with E-state index in [-0.39, 0.29) is 0 Å². The minimum Gasteiger partial charge on any atom is -0.310 e. The van der Waals surface area contributed by atoms with Crippen LogP contribution in [0.5, 0.6) is 0 Å². The average Bonchev–Trinajstić information content (AvgIpc) is 4.10. The molecule has 70 heavy (non-hydrogen) atoms. The number of benzene rings is 11. The third-order valence-corrected chi connectivity index (χ3v) is 16.9. The van der Waals surface area contributed by atoms with E-state index in [0.29, 0.717) is 0 Å².